The number of benzene rings is 1. The van der Waals surface area contributed by atoms with Gasteiger partial charge in [0.2, 0.25) is 10.0 Å². The van der Waals surface area contributed by atoms with E-state index in [0.717, 1.165) is 10.4 Å². The van der Waals surface area contributed by atoms with E-state index in [9.17, 15) is 17.6 Å². The van der Waals surface area contributed by atoms with Crippen molar-refractivity contribution in [2.24, 2.45) is 5.92 Å². The minimum Gasteiger partial charge on any atom is -0.481 e. The van der Waals surface area contributed by atoms with Crippen molar-refractivity contribution in [2.75, 3.05) is 13.1 Å². The monoisotopic (exact) mass is 301 g/mol. The number of hydrogen-bond acceptors (Lipinski definition) is 3. The summed E-state index contributed by atoms with van der Waals surface area (Å²) in [4.78, 5) is 10.6. The second-order valence-corrected chi connectivity index (χ2v) is 6.88. The van der Waals surface area contributed by atoms with Crippen molar-refractivity contribution < 1.29 is 22.7 Å². The predicted octanol–water partition coefficient (Wildman–Crippen LogP) is 1.62. The molecular formula is C13H16FNO4S. The van der Waals surface area contributed by atoms with Crippen molar-refractivity contribution in [1.29, 1.82) is 0 Å². The number of carboxylic acids is 1. The zero-order valence-electron chi connectivity index (χ0n) is 11.0. The van der Waals surface area contributed by atoms with Crippen LogP contribution in [0, 0.1) is 18.7 Å². The molecule has 0 spiro atoms. The molecule has 0 aromatic heterocycles. The fourth-order valence-corrected chi connectivity index (χ4v) is 3.98. The highest BCUT2D eigenvalue weighted by Gasteiger charge is 2.34. The van der Waals surface area contributed by atoms with Crippen LogP contribution in [-0.4, -0.2) is 36.9 Å². The second kappa shape index (κ2) is 5.49. The SMILES string of the molecule is Cc1ccc(F)c(S(=O)(=O)N2CCC[C@@H](C(=O)O)C2)c1. The molecule has 1 aromatic rings. The molecule has 0 unspecified atom stereocenters. The summed E-state index contributed by atoms with van der Waals surface area (Å²) in [6.45, 7) is 1.79. The predicted molar refractivity (Wildman–Crippen MR) is 70.3 cm³/mol. The molecule has 1 N–H and O–H groups in total. The normalized spacial score (nSPS) is 20.8. The largest absolute Gasteiger partial charge is 0.481 e. The lowest BCUT2D eigenvalue weighted by Gasteiger charge is -2.29. The average molecular weight is 301 g/mol. The third kappa shape index (κ3) is 2.83. The zero-order chi connectivity index (χ0) is 14.9. The van der Waals surface area contributed by atoms with Crippen LogP contribution in [0.1, 0.15) is 18.4 Å². The van der Waals surface area contributed by atoms with Gasteiger partial charge in [0, 0.05) is 13.1 Å². The van der Waals surface area contributed by atoms with Gasteiger partial charge in [0.25, 0.3) is 0 Å². The Kier molecular flexibility index (Phi) is 4.10. The van der Waals surface area contributed by atoms with E-state index in [1.54, 1.807) is 6.92 Å². The Hall–Kier alpha value is -1.47. The minimum absolute atomic E-state index is 0.106. The van der Waals surface area contributed by atoms with Crippen LogP contribution in [-0.2, 0) is 14.8 Å². The van der Waals surface area contributed by atoms with Gasteiger partial charge in [-0.1, -0.05) is 6.07 Å². The van der Waals surface area contributed by atoms with Gasteiger partial charge in [0.1, 0.15) is 10.7 Å². The van der Waals surface area contributed by atoms with Gasteiger partial charge in [-0.2, -0.15) is 4.31 Å². The number of piperidine rings is 1. The fourth-order valence-electron chi connectivity index (χ4n) is 2.31. The first-order chi connectivity index (χ1) is 9.32. The Morgan fingerprint density at radius 2 is 2.15 bits per heavy atom. The number of hydrogen-bond donors (Lipinski definition) is 1. The number of carbonyl (C=O) groups is 1. The average Bonchev–Trinajstić information content (AvgIpc) is 2.41. The Labute approximate surface area is 117 Å². The van der Waals surface area contributed by atoms with E-state index in [1.165, 1.54) is 12.1 Å². The van der Waals surface area contributed by atoms with Gasteiger partial charge >= 0.3 is 5.97 Å². The molecule has 5 nitrogen and oxygen atoms in total. The number of sulfonamides is 1. The first kappa shape index (κ1) is 14.9. The first-order valence-electron chi connectivity index (χ1n) is 6.31. The molecule has 1 saturated heterocycles. The lowest BCUT2D eigenvalue weighted by molar-refractivity contribution is -0.142. The lowest BCUT2D eigenvalue weighted by atomic mass is 10.0. The zero-order valence-corrected chi connectivity index (χ0v) is 11.9. The summed E-state index contributed by atoms with van der Waals surface area (Å²) in [5.41, 5.74) is 0.636. The Morgan fingerprint density at radius 3 is 2.80 bits per heavy atom. The molecule has 0 radical (unpaired) electrons. The van der Waals surface area contributed by atoms with Crippen LogP contribution < -0.4 is 0 Å². The molecule has 7 heteroatoms. The molecule has 20 heavy (non-hydrogen) atoms. The Balaban J connectivity index is 2.35. The van der Waals surface area contributed by atoms with Crippen LogP contribution in [0.15, 0.2) is 23.1 Å². The molecule has 1 heterocycles. The number of aryl methyl sites for hydroxylation is 1. The molecule has 0 amide bonds. The highest BCUT2D eigenvalue weighted by atomic mass is 32.2. The highest BCUT2D eigenvalue weighted by molar-refractivity contribution is 7.89. The molecule has 1 atom stereocenters. The lowest BCUT2D eigenvalue weighted by Crippen LogP contribution is -2.42. The van der Waals surface area contributed by atoms with E-state index >= 15 is 0 Å². The van der Waals surface area contributed by atoms with Gasteiger partial charge in [0.05, 0.1) is 5.92 Å². The molecule has 0 bridgehead atoms. The molecule has 2 rings (SSSR count). The summed E-state index contributed by atoms with van der Waals surface area (Å²) < 4.78 is 39.7. The standard InChI is InChI=1S/C13H16FNO4S/c1-9-4-5-11(14)12(7-9)20(18,19)15-6-2-3-10(8-15)13(16)17/h4-5,7,10H,2-3,6,8H2,1H3,(H,16,17)/t10-/m1/s1. The molecule has 1 fully saturated rings. The maximum atomic E-state index is 13.8. The molecule has 1 aliphatic heterocycles. The fraction of sp³-hybridized carbons (Fsp3) is 0.462. The molecule has 0 aliphatic carbocycles. The van der Waals surface area contributed by atoms with Gasteiger partial charge < -0.3 is 5.11 Å². The van der Waals surface area contributed by atoms with Crippen molar-refractivity contribution >= 4 is 16.0 Å². The third-order valence-electron chi connectivity index (χ3n) is 3.44. The van der Waals surface area contributed by atoms with Crippen molar-refractivity contribution in [1.82, 2.24) is 4.31 Å². The highest BCUT2D eigenvalue weighted by Crippen LogP contribution is 2.26. The van der Waals surface area contributed by atoms with E-state index < -0.39 is 27.7 Å². The number of aliphatic carboxylic acids is 1. The van der Waals surface area contributed by atoms with Crippen LogP contribution in [0.3, 0.4) is 0 Å². The molecular weight excluding hydrogens is 285 g/mol. The molecule has 1 aliphatic rings. The van der Waals surface area contributed by atoms with Gasteiger partial charge in [-0.15, -0.1) is 0 Å². The van der Waals surface area contributed by atoms with Crippen molar-refractivity contribution in [3.05, 3.63) is 29.6 Å². The van der Waals surface area contributed by atoms with Crippen LogP contribution in [0.2, 0.25) is 0 Å². The smallest absolute Gasteiger partial charge is 0.307 e. The summed E-state index contributed by atoms with van der Waals surface area (Å²) in [5, 5.41) is 9.00. The summed E-state index contributed by atoms with van der Waals surface area (Å²) in [6, 6.07) is 3.88. The van der Waals surface area contributed by atoms with Crippen molar-refractivity contribution in [3.8, 4) is 0 Å². The molecule has 0 saturated carbocycles. The van der Waals surface area contributed by atoms with Gasteiger partial charge in [-0.3, -0.25) is 4.79 Å². The van der Waals surface area contributed by atoms with Gasteiger partial charge in [-0.05, 0) is 37.5 Å². The van der Waals surface area contributed by atoms with Crippen molar-refractivity contribution in [2.45, 2.75) is 24.7 Å². The number of carboxylic acid groups (broad SMARTS) is 1. The van der Waals surface area contributed by atoms with E-state index in [1.807, 2.05) is 0 Å². The summed E-state index contributed by atoms with van der Waals surface area (Å²) in [5.74, 6) is -2.56. The number of nitrogens with zero attached hydrogens (tertiary/aromatic N) is 1. The molecule has 1 aromatic carbocycles. The van der Waals surface area contributed by atoms with Crippen molar-refractivity contribution in [3.63, 3.8) is 0 Å². The summed E-state index contributed by atoms with van der Waals surface area (Å²) in [7, 11) is -3.99. The first-order valence-corrected chi connectivity index (χ1v) is 7.75. The van der Waals surface area contributed by atoms with Crippen LogP contribution in [0.5, 0.6) is 0 Å². The van der Waals surface area contributed by atoms with E-state index in [0.29, 0.717) is 18.4 Å². The molecule has 110 valence electrons. The Morgan fingerprint density at radius 1 is 1.45 bits per heavy atom. The van der Waals surface area contributed by atoms with Gasteiger partial charge in [-0.25, -0.2) is 12.8 Å². The minimum atomic E-state index is -3.99. The van der Waals surface area contributed by atoms with E-state index in [4.69, 9.17) is 5.11 Å². The maximum absolute atomic E-state index is 13.8. The van der Waals surface area contributed by atoms with E-state index in [-0.39, 0.29) is 18.0 Å². The number of halogens is 1. The summed E-state index contributed by atoms with van der Waals surface area (Å²) >= 11 is 0. The third-order valence-corrected chi connectivity index (χ3v) is 5.32. The van der Waals surface area contributed by atoms with Crippen LogP contribution in [0.25, 0.3) is 0 Å². The summed E-state index contributed by atoms with van der Waals surface area (Å²) in [6.07, 6.45) is 0.904. The second-order valence-electron chi connectivity index (χ2n) is 4.97. The van der Waals surface area contributed by atoms with Crippen LogP contribution >= 0.6 is 0 Å². The number of rotatable bonds is 3. The topological polar surface area (TPSA) is 74.7 Å². The van der Waals surface area contributed by atoms with E-state index in [2.05, 4.69) is 0 Å². The van der Waals surface area contributed by atoms with Gasteiger partial charge in [0.15, 0.2) is 0 Å². The van der Waals surface area contributed by atoms with Crippen LogP contribution in [0.4, 0.5) is 4.39 Å². The maximum Gasteiger partial charge on any atom is 0.307 e. The Bertz CT molecular complexity index is 629. The quantitative estimate of drug-likeness (QED) is 0.920.